The van der Waals surface area contributed by atoms with Crippen molar-refractivity contribution in [3.63, 3.8) is 0 Å². The molecule has 1 nitrogen and oxygen atoms in total. The van der Waals surface area contributed by atoms with Crippen LogP contribution in [0.2, 0.25) is 0 Å². The highest BCUT2D eigenvalue weighted by molar-refractivity contribution is 7.85. The highest BCUT2D eigenvalue weighted by Gasteiger charge is 2.52. The summed E-state index contributed by atoms with van der Waals surface area (Å²) >= 11 is 0. The number of fused-ring (bicyclic) bond motifs is 10. The van der Waals surface area contributed by atoms with E-state index in [1.54, 1.807) is 24.3 Å². The number of halogens is 4. The van der Waals surface area contributed by atoms with E-state index in [-0.39, 0.29) is 5.30 Å². The lowest BCUT2D eigenvalue weighted by Crippen LogP contribution is -2.29. The predicted molar refractivity (Wildman–Crippen MR) is 172 cm³/mol. The molecule has 0 saturated heterocycles. The molecule has 2 aliphatic rings. The highest BCUT2D eigenvalue weighted by Crippen LogP contribution is 2.63. The molecule has 1 unspecified atom stereocenters. The molecule has 0 saturated carbocycles. The first kappa shape index (κ1) is 27.8. The first-order valence-corrected chi connectivity index (χ1v) is 16.4. The molecule has 8 rings (SSSR count). The van der Waals surface area contributed by atoms with Gasteiger partial charge in [-0.05, 0) is 68.3 Å². The van der Waals surface area contributed by atoms with Gasteiger partial charge in [0.05, 0.1) is 11.0 Å². The van der Waals surface area contributed by atoms with E-state index < -0.39 is 31.0 Å². The van der Waals surface area contributed by atoms with Gasteiger partial charge in [-0.3, -0.25) is 0 Å². The van der Waals surface area contributed by atoms with E-state index in [2.05, 4.69) is 36.4 Å². The van der Waals surface area contributed by atoms with Crippen molar-refractivity contribution < 1.29 is 22.1 Å². The number of hydrogen-bond acceptors (Lipinski definition) is 1. The van der Waals surface area contributed by atoms with E-state index in [9.17, 15) is 17.6 Å². The molecule has 0 amide bonds. The van der Waals surface area contributed by atoms with Gasteiger partial charge in [0, 0.05) is 15.9 Å². The van der Waals surface area contributed by atoms with Crippen LogP contribution in [0.25, 0.3) is 22.3 Å². The third kappa shape index (κ3) is 3.83. The zero-order valence-corrected chi connectivity index (χ0v) is 24.7. The number of alkyl halides is 4. The van der Waals surface area contributed by atoms with Crippen molar-refractivity contribution >= 4 is 23.1 Å². The summed E-state index contributed by atoms with van der Waals surface area (Å²) in [7, 11) is -3.72. The van der Waals surface area contributed by atoms with Gasteiger partial charge in [0.25, 0.3) is 0 Å². The Bertz CT molecular complexity index is 2100. The van der Waals surface area contributed by atoms with Gasteiger partial charge in [0.1, 0.15) is 6.67 Å². The molecule has 2 aliphatic carbocycles. The predicted octanol–water partition coefficient (Wildman–Crippen LogP) is 9.16. The van der Waals surface area contributed by atoms with Crippen LogP contribution >= 0.6 is 7.14 Å². The van der Waals surface area contributed by atoms with Crippen molar-refractivity contribution in [3.8, 4) is 22.3 Å². The molecule has 0 bridgehead atoms. The minimum atomic E-state index is -4.53. The Kier molecular flexibility index (Phi) is 6.11. The lowest BCUT2D eigenvalue weighted by molar-refractivity contribution is -0.137. The Balaban J connectivity index is 1.43. The minimum absolute atomic E-state index is 0.278. The van der Waals surface area contributed by atoms with Gasteiger partial charge in [-0.25, -0.2) is 4.39 Å². The third-order valence-corrected chi connectivity index (χ3v) is 12.4. The minimum Gasteiger partial charge on any atom is -0.309 e. The Morgan fingerprint density at radius 2 is 0.933 bits per heavy atom. The summed E-state index contributed by atoms with van der Waals surface area (Å²) < 4.78 is 69.6. The number of benzene rings is 6. The van der Waals surface area contributed by atoms with Gasteiger partial charge in [0.2, 0.25) is 0 Å². The second-order valence-electron chi connectivity index (χ2n) is 11.6. The first-order chi connectivity index (χ1) is 21.8. The first-order valence-electron chi connectivity index (χ1n) is 14.7. The van der Waals surface area contributed by atoms with Crippen LogP contribution in [0.4, 0.5) is 17.6 Å². The molecule has 6 heteroatoms. The second kappa shape index (κ2) is 9.89. The molecule has 45 heavy (non-hydrogen) atoms. The van der Waals surface area contributed by atoms with Crippen molar-refractivity contribution in [2.24, 2.45) is 0 Å². The van der Waals surface area contributed by atoms with Gasteiger partial charge >= 0.3 is 6.18 Å². The zero-order chi connectivity index (χ0) is 31.0. The second-order valence-corrected chi connectivity index (χ2v) is 14.3. The molecule has 0 aliphatic heterocycles. The Labute approximate surface area is 258 Å². The molecular weight excluding hydrogens is 591 g/mol. The molecule has 0 heterocycles. The molecule has 0 radical (unpaired) electrons. The maximum absolute atomic E-state index is 15.6. The molecule has 0 N–H and O–H groups in total. The van der Waals surface area contributed by atoms with Crippen molar-refractivity contribution in [1.29, 1.82) is 0 Å². The normalized spacial score (nSPS) is 15.2. The van der Waals surface area contributed by atoms with Gasteiger partial charge in [0.15, 0.2) is 7.14 Å². The average molecular weight is 617 g/mol. The summed E-state index contributed by atoms with van der Waals surface area (Å²) in [5.41, 5.74) is 7.69. The van der Waals surface area contributed by atoms with Crippen LogP contribution in [-0.4, -0.2) is 0 Å². The Morgan fingerprint density at radius 1 is 0.511 bits per heavy atom. The highest BCUT2D eigenvalue weighted by atomic mass is 31.2. The van der Waals surface area contributed by atoms with Crippen LogP contribution < -0.4 is 15.9 Å². The van der Waals surface area contributed by atoms with Crippen LogP contribution in [0.1, 0.15) is 33.4 Å². The fraction of sp³-hybridized carbons (Fsp3) is 0.0769. The molecule has 0 fully saturated rings. The van der Waals surface area contributed by atoms with E-state index in [4.69, 9.17) is 0 Å². The zero-order valence-electron chi connectivity index (χ0n) is 23.9. The summed E-state index contributed by atoms with van der Waals surface area (Å²) in [6, 6.07) is 41.9. The van der Waals surface area contributed by atoms with Gasteiger partial charge in [-0.2, -0.15) is 13.2 Å². The molecule has 220 valence electrons. The van der Waals surface area contributed by atoms with E-state index in [1.807, 2.05) is 54.6 Å². The Morgan fingerprint density at radius 3 is 1.40 bits per heavy atom. The van der Waals surface area contributed by atoms with Crippen molar-refractivity contribution in [2.45, 2.75) is 18.3 Å². The SMILES string of the molecule is O=P(c1ccc(CF)cc1)(c1ccc(C(F)(F)F)cc1)c1ccc2c(c1)C1(c3ccccc3-c3ccccc31)c1ccccc1-2. The van der Waals surface area contributed by atoms with E-state index in [0.29, 0.717) is 16.2 Å². The molecule has 1 atom stereocenters. The lowest BCUT2D eigenvalue weighted by Gasteiger charge is -2.31. The smallest absolute Gasteiger partial charge is 0.309 e. The van der Waals surface area contributed by atoms with Gasteiger partial charge in [-0.1, -0.05) is 121 Å². The summed E-state index contributed by atoms with van der Waals surface area (Å²) in [6.45, 7) is -0.677. The van der Waals surface area contributed by atoms with E-state index >= 15 is 4.57 Å². The summed E-state index contributed by atoms with van der Waals surface area (Å²) in [4.78, 5) is 0. The summed E-state index contributed by atoms with van der Waals surface area (Å²) in [5, 5.41) is 1.21. The fourth-order valence-electron chi connectivity index (χ4n) is 7.38. The topological polar surface area (TPSA) is 17.1 Å². The van der Waals surface area contributed by atoms with Crippen LogP contribution in [0, 0.1) is 0 Å². The third-order valence-electron chi connectivity index (χ3n) is 9.36. The molecular formula is C39H25F4OP. The number of hydrogen-bond donors (Lipinski definition) is 0. The molecule has 6 aromatic carbocycles. The van der Waals surface area contributed by atoms with E-state index in [0.717, 1.165) is 56.6 Å². The van der Waals surface area contributed by atoms with Crippen molar-refractivity contribution in [1.82, 2.24) is 0 Å². The van der Waals surface area contributed by atoms with Crippen LogP contribution in [-0.2, 0) is 22.8 Å². The number of rotatable bonds is 4. The van der Waals surface area contributed by atoms with Gasteiger partial charge in [-0.15, -0.1) is 0 Å². The molecule has 6 aromatic rings. The van der Waals surface area contributed by atoms with Gasteiger partial charge < -0.3 is 4.57 Å². The standard InChI is InChI=1S/C39H25F4OP/c40-24-25-13-17-27(18-14-25)45(44,28-19-15-26(16-20-28)39(41,42)43)29-21-22-33-32-9-3-6-12-36(32)38(37(33)23-29)34-10-4-1-7-30(34)31-8-2-5-11-35(31)38/h1-23H,24H2. The van der Waals surface area contributed by atoms with Crippen LogP contribution in [0.5, 0.6) is 0 Å². The Hall–Kier alpha value is -4.73. The maximum atomic E-state index is 15.6. The monoisotopic (exact) mass is 616 g/mol. The summed E-state index contributed by atoms with van der Waals surface area (Å²) in [5.74, 6) is 0. The fourth-order valence-corrected chi connectivity index (χ4v) is 10.0. The molecule has 0 aromatic heterocycles. The van der Waals surface area contributed by atoms with E-state index in [1.165, 1.54) is 12.1 Å². The van der Waals surface area contributed by atoms with Crippen molar-refractivity contribution in [3.05, 3.63) is 173 Å². The lowest BCUT2D eigenvalue weighted by atomic mass is 9.70. The average Bonchev–Trinajstić information content (AvgIpc) is 3.55. The quantitative estimate of drug-likeness (QED) is 0.142. The largest absolute Gasteiger partial charge is 0.416 e. The summed E-state index contributed by atoms with van der Waals surface area (Å²) in [6.07, 6.45) is -4.53. The molecule has 1 spiro atoms. The van der Waals surface area contributed by atoms with Crippen molar-refractivity contribution in [2.75, 3.05) is 0 Å². The van der Waals surface area contributed by atoms with Crippen LogP contribution in [0.15, 0.2) is 140 Å². The maximum Gasteiger partial charge on any atom is 0.416 e. The van der Waals surface area contributed by atoms with Crippen LogP contribution in [0.3, 0.4) is 0 Å².